The van der Waals surface area contributed by atoms with Gasteiger partial charge in [-0.3, -0.25) is 0 Å². The summed E-state index contributed by atoms with van der Waals surface area (Å²) >= 11 is 7.35. The molecular weight excluding hydrogens is 370 g/mol. The lowest BCUT2D eigenvalue weighted by atomic mass is 10.1. The molecule has 6 nitrogen and oxygen atoms in total. The second-order valence-corrected chi connectivity index (χ2v) is 7.47. The number of methoxy groups -OCH3 is 1. The molecule has 0 aliphatic rings. The lowest BCUT2D eigenvalue weighted by Gasteiger charge is -2.07. The average molecular weight is 386 g/mol. The Morgan fingerprint density at radius 2 is 1.88 bits per heavy atom. The van der Waals surface area contributed by atoms with E-state index in [9.17, 15) is 0 Å². The van der Waals surface area contributed by atoms with Gasteiger partial charge in [0.15, 0.2) is 4.47 Å². The van der Waals surface area contributed by atoms with E-state index >= 15 is 0 Å². The summed E-state index contributed by atoms with van der Waals surface area (Å²) in [6, 6.07) is 11.7. The van der Waals surface area contributed by atoms with Crippen LogP contribution >= 0.6 is 22.9 Å². The number of aryl methyl sites for hydroxylation is 1. The van der Waals surface area contributed by atoms with E-state index in [0.717, 1.165) is 38.6 Å². The fraction of sp³-hybridized carbons (Fsp3) is 0.167. The summed E-state index contributed by atoms with van der Waals surface area (Å²) in [6.07, 6.45) is 1.79. The first kappa shape index (κ1) is 16.8. The van der Waals surface area contributed by atoms with Gasteiger partial charge in [0.2, 0.25) is 0 Å². The molecule has 4 aromatic rings. The van der Waals surface area contributed by atoms with Crippen LogP contribution in [0.5, 0.6) is 5.75 Å². The predicted octanol–water partition coefficient (Wildman–Crippen LogP) is 4.46. The number of thiazole rings is 1. The molecule has 0 spiro atoms. The number of halogens is 1. The maximum absolute atomic E-state index is 5.88. The highest BCUT2D eigenvalue weighted by atomic mass is 35.5. The Morgan fingerprint density at radius 1 is 1.15 bits per heavy atom. The van der Waals surface area contributed by atoms with Gasteiger partial charge in [-0.25, -0.2) is 4.98 Å². The molecule has 0 aliphatic heterocycles. The van der Waals surface area contributed by atoms with Gasteiger partial charge in [0.1, 0.15) is 16.8 Å². The van der Waals surface area contributed by atoms with E-state index in [1.54, 1.807) is 18.1 Å². The van der Waals surface area contributed by atoms with Gasteiger partial charge < -0.3 is 10.1 Å². The molecule has 0 fully saturated rings. The molecule has 2 aromatic heterocycles. The number of fused-ring (bicyclic) bond motifs is 1. The van der Waals surface area contributed by atoms with Crippen LogP contribution in [0.4, 0.5) is 5.69 Å². The van der Waals surface area contributed by atoms with Gasteiger partial charge in [-0.2, -0.15) is 4.80 Å². The molecule has 0 saturated heterocycles. The largest absolute Gasteiger partial charge is 0.497 e. The van der Waals surface area contributed by atoms with Gasteiger partial charge >= 0.3 is 0 Å². The van der Waals surface area contributed by atoms with Crippen molar-refractivity contribution in [3.05, 3.63) is 57.5 Å². The van der Waals surface area contributed by atoms with Crippen molar-refractivity contribution in [1.29, 1.82) is 0 Å². The van der Waals surface area contributed by atoms with Crippen molar-refractivity contribution in [2.75, 3.05) is 12.4 Å². The molecule has 0 atom stereocenters. The second-order valence-electron chi connectivity index (χ2n) is 5.78. The number of nitrogens with zero attached hydrogens (tertiary/aromatic N) is 4. The van der Waals surface area contributed by atoms with Gasteiger partial charge in [0.05, 0.1) is 19.3 Å². The molecular formula is C18H16ClN5OS. The van der Waals surface area contributed by atoms with E-state index in [2.05, 4.69) is 20.5 Å². The second kappa shape index (κ2) is 6.93. The molecule has 2 heterocycles. The molecule has 8 heteroatoms. The summed E-state index contributed by atoms with van der Waals surface area (Å²) in [6.45, 7) is 2.72. The van der Waals surface area contributed by atoms with Gasteiger partial charge in [-0.1, -0.05) is 11.6 Å². The summed E-state index contributed by atoms with van der Waals surface area (Å²) < 4.78 is 5.74. The van der Waals surface area contributed by atoms with Gasteiger partial charge in [-0.05, 0) is 48.9 Å². The fourth-order valence-corrected chi connectivity index (χ4v) is 3.55. The normalized spacial score (nSPS) is 11.0. The highest BCUT2D eigenvalue weighted by Gasteiger charge is 2.09. The van der Waals surface area contributed by atoms with Crippen LogP contribution in [0.25, 0.3) is 16.7 Å². The molecule has 0 saturated carbocycles. The SMILES string of the molecule is COc1ccc(-n2nc3cc(C)c(NCc4cnc(Cl)s4)cc3n2)cc1. The minimum absolute atomic E-state index is 0.552. The topological polar surface area (TPSA) is 64.9 Å². The summed E-state index contributed by atoms with van der Waals surface area (Å²) in [5.74, 6) is 0.802. The van der Waals surface area contributed by atoms with Crippen LogP contribution in [0.15, 0.2) is 42.6 Å². The first-order chi connectivity index (χ1) is 12.6. The number of rotatable bonds is 5. The Kier molecular flexibility index (Phi) is 4.48. The van der Waals surface area contributed by atoms with Crippen LogP contribution in [-0.2, 0) is 6.54 Å². The molecule has 1 N–H and O–H groups in total. The molecule has 0 radical (unpaired) electrons. The molecule has 0 amide bonds. The summed E-state index contributed by atoms with van der Waals surface area (Å²) in [4.78, 5) is 6.78. The molecule has 2 aromatic carbocycles. The number of nitrogens with one attached hydrogen (secondary N) is 1. The Bertz CT molecular complexity index is 1060. The predicted molar refractivity (Wildman–Crippen MR) is 105 cm³/mol. The Labute approximate surface area is 159 Å². The van der Waals surface area contributed by atoms with E-state index in [1.807, 2.05) is 43.3 Å². The average Bonchev–Trinajstić information content (AvgIpc) is 3.25. The summed E-state index contributed by atoms with van der Waals surface area (Å²) in [7, 11) is 1.65. The van der Waals surface area contributed by atoms with Gasteiger partial charge in [0.25, 0.3) is 0 Å². The Balaban J connectivity index is 1.61. The quantitative estimate of drug-likeness (QED) is 0.549. The van der Waals surface area contributed by atoms with Crippen molar-refractivity contribution in [2.24, 2.45) is 0 Å². The monoisotopic (exact) mass is 385 g/mol. The number of benzene rings is 2. The first-order valence-corrected chi connectivity index (χ1v) is 9.18. The third-order valence-corrected chi connectivity index (χ3v) is 5.12. The van der Waals surface area contributed by atoms with Crippen molar-refractivity contribution in [2.45, 2.75) is 13.5 Å². The van der Waals surface area contributed by atoms with Crippen LogP contribution in [0.2, 0.25) is 4.47 Å². The molecule has 26 heavy (non-hydrogen) atoms. The number of anilines is 1. The van der Waals surface area contributed by atoms with Crippen molar-refractivity contribution < 1.29 is 4.74 Å². The van der Waals surface area contributed by atoms with E-state index in [0.29, 0.717) is 11.0 Å². The zero-order valence-corrected chi connectivity index (χ0v) is 15.8. The standard InChI is InChI=1S/C18H16ClN5OS/c1-11-7-16-17(8-15(11)20-9-14-10-21-18(19)26-14)23-24(22-16)12-3-5-13(25-2)6-4-12/h3-8,10,20H,9H2,1-2H3. The van der Waals surface area contributed by atoms with Crippen molar-refractivity contribution >= 4 is 39.7 Å². The van der Waals surface area contributed by atoms with E-state index < -0.39 is 0 Å². The third-order valence-electron chi connectivity index (χ3n) is 4.01. The van der Waals surface area contributed by atoms with Crippen LogP contribution in [-0.4, -0.2) is 27.1 Å². The van der Waals surface area contributed by atoms with Crippen molar-refractivity contribution in [3.8, 4) is 11.4 Å². The Hall–Kier alpha value is -2.64. The lowest BCUT2D eigenvalue weighted by Crippen LogP contribution is -1.99. The van der Waals surface area contributed by atoms with Crippen LogP contribution in [0.3, 0.4) is 0 Å². The maximum Gasteiger partial charge on any atom is 0.183 e. The van der Waals surface area contributed by atoms with E-state index in [4.69, 9.17) is 16.3 Å². The van der Waals surface area contributed by atoms with Crippen molar-refractivity contribution in [3.63, 3.8) is 0 Å². The minimum Gasteiger partial charge on any atom is -0.497 e. The van der Waals surface area contributed by atoms with Gasteiger partial charge in [-0.15, -0.1) is 21.5 Å². The van der Waals surface area contributed by atoms with Crippen LogP contribution < -0.4 is 10.1 Å². The molecule has 0 bridgehead atoms. The lowest BCUT2D eigenvalue weighted by molar-refractivity contribution is 0.414. The van der Waals surface area contributed by atoms with E-state index in [-0.39, 0.29) is 0 Å². The molecule has 4 rings (SSSR count). The van der Waals surface area contributed by atoms with Gasteiger partial charge in [0, 0.05) is 16.8 Å². The van der Waals surface area contributed by atoms with Crippen LogP contribution in [0.1, 0.15) is 10.4 Å². The highest BCUT2D eigenvalue weighted by molar-refractivity contribution is 7.15. The number of hydrogen-bond donors (Lipinski definition) is 1. The highest BCUT2D eigenvalue weighted by Crippen LogP contribution is 2.24. The van der Waals surface area contributed by atoms with Crippen molar-refractivity contribution in [1.82, 2.24) is 20.0 Å². The Morgan fingerprint density at radius 3 is 2.54 bits per heavy atom. The number of ether oxygens (including phenoxy) is 1. The maximum atomic E-state index is 5.88. The number of aromatic nitrogens is 4. The summed E-state index contributed by atoms with van der Waals surface area (Å²) in [5.41, 5.74) is 4.69. The first-order valence-electron chi connectivity index (χ1n) is 7.98. The zero-order chi connectivity index (χ0) is 18.1. The zero-order valence-electron chi connectivity index (χ0n) is 14.2. The minimum atomic E-state index is 0.552. The third kappa shape index (κ3) is 3.36. The molecule has 132 valence electrons. The van der Waals surface area contributed by atoms with Crippen LogP contribution in [0, 0.1) is 6.92 Å². The molecule has 0 aliphatic carbocycles. The summed E-state index contributed by atoms with van der Waals surface area (Å²) in [5, 5.41) is 12.6. The van der Waals surface area contributed by atoms with E-state index in [1.165, 1.54) is 11.3 Å². The fourth-order valence-electron chi connectivity index (χ4n) is 2.64. The smallest absolute Gasteiger partial charge is 0.183 e. The molecule has 0 unspecified atom stereocenters. The number of hydrogen-bond acceptors (Lipinski definition) is 6.